The Bertz CT molecular complexity index is 384. The fraction of sp³-hybridized carbons (Fsp3) is 0.385. The van der Waals surface area contributed by atoms with Crippen molar-refractivity contribution < 1.29 is 14.3 Å². The van der Waals surface area contributed by atoms with Crippen molar-refractivity contribution >= 4 is 11.7 Å². The standard InChI is InChI=1S/C13H17NO3/c1-3-14-13(16)9-17-12-6-4-11(5-7-12)8-10(2)15/h4-7H,3,8-9H2,1-2H3,(H,14,16). The molecule has 1 aromatic rings. The van der Waals surface area contributed by atoms with Gasteiger partial charge in [-0.3, -0.25) is 9.59 Å². The second kappa shape index (κ2) is 6.68. The van der Waals surface area contributed by atoms with Crippen LogP contribution in [0, 0.1) is 0 Å². The number of likely N-dealkylation sites (N-methyl/N-ethyl adjacent to an activating group) is 1. The minimum Gasteiger partial charge on any atom is -0.484 e. The minimum atomic E-state index is -0.139. The van der Waals surface area contributed by atoms with Crippen molar-refractivity contribution in [2.45, 2.75) is 20.3 Å². The molecule has 92 valence electrons. The van der Waals surface area contributed by atoms with Crippen LogP contribution in [-0.4, -0.2) is 24.8 Å². The number of nitrogens with one attached hydrogen (secondary N) is 1. The number of hydrogen-bond donors (Lipinski definition) is 1. The van der Waals surface area contributed by atoms with E-state index in [9.17, 15) is 9.59 Å². The smallest absolute Gasteiger partial charge is 0.257 e. The van der Waals surface area contributed by atoms with Gasteiger partial charge in [-0.05, 0) is 31.5 Å². The number of amides is 1. The van der Waals surface area contributed by atoms with Crippen LogP contribution < -0.4 is 10.1 Å². The number of benzene rings is 1. The number of Topliss-reactive ketones (excluding diaryl/α,β-unsaturated/α-hetero) is 1. The summed E-state index contributed by atoms with van der Waals surface area (Å²) in [7, 11) is 0. The summed E-state index contributed by atoms with van der Waals surface area (Å²) in [5.74, 6) is 0.616. The topological polar surface area (TPSA) is 55.4 Å². The molecule has 0 aliphatic carbocycles. The third kappa shape index (κ3) is 5.15. The van der Waals surface area contributed by atoms with E-state index in [1.54, 1.807) is 19.1 Å². The summed E-state index contributed by atoms with van der Waals surface area (Å²) < 4.78 is 5.28. The highest BCUT2D eigenvalue weighted by molar-refractivity contribution is 5.78. The van der Waals surface area contributed by atoms with Crippen LogP contribution in [0.3, 0.4) is 0 Å². The van der Waals surface area contributed by atoms with Gasteiger partial charge < -0.3 is 10.1 Å². The molecule has 0 atom stereocenters. The van der Waals surface area contributed by atoms with E-state index in [0.29, 0.717) is 18.7 Å². The van der Waals surface area contributed by atoms with Crippen molar-refractivity contribution in [3.05, 3.63) is 29.8 Å². The summed E-state index contributed by atoms with van der Waals surface area (Å²) in [5.41, 5.74) is 0.947. The molecule has 1 rings (SSSR count). The van der Waals surface area contributed by atoms with Crippen LogP contribution in [0.2, 0.25) is 0 Å². The Kier molecular flexibility index (Phi) is 5.20. The second-order valence-corrected chi connectivity index (χ2v) is 3.76. The van der Waals surface area contributed by atoms with E-state index in [2.05, 4.69) is 5.32 Å². The van der Waals surface area contributed by atoms with Gasteiger partial charge in [0, 0.05) is 13.0 Å². The van der Waals surface area contributed by atoms with Gasteiger partial charge >= 0.3 is 0 Å². The monoisotopic (exact) mass is 235 g/mol. The lowest BCUT2D eigenvalue weighted by atomic mass is 10.1. The first-order valence-corrected chi connectivity index (χ1v) is 5.59. The molecular weight excluding hydrogens is 218 g/mol. The van der Waals surface area contributed by atoms with Gasteiger partial charge in [-0.1, -0.05) is 12.1 Å². The van der Waals surface area contributed by atoms with E-state index >= 15 is 0 Å². The first-order valence-electron chi connectivity index (χ1n) is 5.59. The van der Waals surface area contributed by atoms with Crippen molar-refractivity contribution in [1.82, 2.24) is 5.32 Å². The minimum absolute atomic E-state index is 0.0138. The Morgan fingerprint density at radius 2 is 1.88 bits per heavy atom. The number of carbonyl (C=O) groups excluding carboxylic acids is 2. The molecule has 0 bridgehead atoms. The van der Waals surface area contributed by atoms with Crippen LogP contribution in [0.5, 0.6) is 5.75 Å². The van der Waals surface area contributed by atoms with E-state index in [1.807, 2.05) is 19.1 Å². The first kappa shape index (κ1) is 13.2. The fourth-order valence-corrected chi connectivity index (χ4v) is 1.39. The molecule has 0 radical (unpaired) electrons. The molecule has 4 heteroatoms. The van der Waals surface area contributed by atoms with E-state index in [-0.39, 0.29) is 18.3 Å². The Balaban J connectivity index is 2.45. The summed E-state index contributed by atoms with van der Waals surface area (Å²) >= 11 is 0. The van der Waals surface area contributed by atoms with Crippen LogP contribution >= 0.6 is 0 Å². The molecule has 0 aliphatic heterocycles. The normalized spacial score (nSPS) is 9.76. The van der Waals surface area contributed by atoms with E-state index in [1.165, 1.54) is 0 Å². The van der Waals surface area contributed by atoms with Gasteiger partial charge in [-0.15, -0.1) is 0 Å². The van der Waals surface area contributed by atoms with Crippen LogP contribution in [0.25, 0.3) is 0 Å². The molecule has 0 unspecified atom stereocenters. The van der Waals surface area contributed by atoms with Crippen LogP contribution in [0.4, 0.5) is 0 Å². The molecule has 0 saturated carbocycles. The van der Waals surface area contributed by atoms with Gasteiger partial charge in [-0.2, -0.15) is 0 Å². The van der Waals surface area contributed by atoms with Crippen molar-refractivity contribution in [2.75, 3.05) is 13.2 Å². The van der Waals surface area contributed by atoms with Gasteiger partial charge in [0.15, 0.2) is 6.61 Å². The maximum atomic E-state index is 11.1. The number of ketones is 1. The third-order valence-corrected chi connectivity index (χ3v) is 2.12. The predicted octanol–water partition coefficient (Wildman–Crippen LogP) is 1.33. The van der Waals surface area contributed by atoms with Gasteiger partial charge in [0.1, 0.15) is 11.5 Å². The summed E-state index contributed by atoms with van der Waals surface area (Å²) in [4.78, 5) is 22.0. The van der Waals surface area contributed by atoms with Crippen molar-refractivity contribution in [1.29, 1.82) is 0 Å². The molecule has 1 amide bonds. The zero-order valence-corrected chi connectivity index (χ0v) is 10.2. The average Bonchev–Trinajstić information content (AvgIpc) is 2.28. The molecule has 1 N–H and O–H groups in total. The Morgan fingerprint density at radius 1 is 1.24 bits per heavy atom. The largest absolute Gasteiger partial charge is 0.484 e. The van der Waals surface area contributed by atoms with Gasteiger partial charge in [0.05, 0.1) is 0 Å². The molecule has 17 heavy (non-hydrogen) atoms. The van der Waals surface area contributed by atoms with Crippen molar-refractivity contribution in [3.8, 4) is 5.75 Å². The van der Waals surface area contributed by atoms with Gasteiger partial charge in [-0.25, -0.2) is 0 Å². The Morgan fingerprint density at radius 3 is 2.41 bits per heavy atom. The van der Waals surface area contributed by atoms with E-state index in [4.69, 9.17) is 4.74 Å². The zero-order valence-electron chi connectivity index (χ0n) is 10.2. The molecule has 1 aromatic carbocycles. The lowest BCUT2D eigenvalue weighted by molar-refractivity contribution is -0.123. The fourth-order valence-electron chi connectivity index (χ4n) is 1.39. The van der Waals surface area contributed by atoms with E-state index < -0.39 is 0 Å². The highest BCUT2D eigenvalue weighted by atomic mass is 16.5. The van der Waals surface area contributed by atoms with Gasteiger partial charge in [0.2, 0.25) is 0 Å². The number of hydrogen-bond acceptors (Lipinski definition) is 3. The summed E-state index contributed by atoms with van der Waals surface area (Å²) in [6.07, 6.45) is 0.427. The van der Waals surface area contributed by atoms with Crippen molar-refractivity contribution in [2.24, 2.45) is 0 Å². The highest BCUT2D eigenvalue weighted by Gasteiger charge is 2.02. The quantitative estimate of drug-likeness (QED) is 0.809. The van der Waals surface area contributed by atoms with Crippen molar-refractivity contribution in [3.63, 3.8) is 0 Å². The molecular formula is C13H17NO3. The molecule has 0 aliphatic rings. The second-order valence-electron chi connectivity index (χ2n) is 3.76. The van der Waals surface area contributed by atoms with E-state index in [0.717, 1.165) is 5.56 Å². The van der Waals surface area contributed by atoms with Crippen LogP contribution in [0.1, 0.15) is 19.4 Å². The number of ether oxygens (including phenoxy) is 1. The lowest BCUT2D eigenvalue weighted by Crippen LogP contribution is -2.28. The zero-order chi connectivity index (χ0) is 12.7. The highest BCUT2D eigenvalue weighted by Crippen LogP contribution is 2.12. The molecule has 4 nitrogen and oxygen atoms in total. The molecule has 0 spiro atoms. The molecule has 0 fully saturated rings. The van der Waals surface area contributed by atoms with Crippen LogP contribution in [0.15, 0.2) is 24.3 Å². The molecule has 0 saturated heterocycles. The predicted molar refractivity (Wildman–Crippen MR) is 65.0 cm³/mol. The van der Waals surface area contributed by atoms with Gasteiger partial charge in [0.25, 0.3) is 5.91 Å². The summed E-state index contributed by atoms with van der Waals surface area (Å²) in [6, 6.07) is 7.18. The molecule has 0 aromatic heterocycles. The maximum Gasteiger partial charge on any atom is 0.257 e. The summed E-state index contributed by atoms with van der Waals surface area (Å²) in [5, 5.41) is 2.64. The average molecular weight is 235 g/mol. The SMILES string of the molecule is CCNC(=O)COc1ccc(CC(C)=O)cc1. The first-order chi connectivity index (χ1) is 8.11. The van der Waals surface area contributed by atoms with Crippen LogP contribution in [-0.2, 0) is 16.0 Å². The Hall–Kier alpha value is -1.84. The number of rotatable bonds is 6. The maximum absolute atomic E-state index is 11.1. The summed E-state index contributed by atoms with van der Waals surface area (Å²) in [6.45, 7) is 4.02. The lowest BCUT2D eigenvalue weighted by Gasteiger charge is -2.06. The Labute approximate surface area is 101 Å². The third-order valence-electron chi connectivity index (χ3n) is 2.12. The number of carbonyl (C=O) groups is 2. The molecule has 0 heterocycles.